The smallest absolute Gasteiger partial charge is 0.273 e. The number of nitrogens with one attached hydrogen (secondary N) is 2. The van der Waals surface area contributed by atoms with Gasteiger partial charge in [0.15, 0.2) is 16.6 Å². The van der Waals surface area contributed by atoms with Crippen LogP contribution in [-0.4, -0.2) is 51.1 Å². The van der Waals surface area contributed by atoms with Crippen molar-refractivity contribution in [2.75, 3.05) is 29.9 Å². The molecule has 164 valence electrons. The van der Waals surface area contributed by atoms with Gasteiger partial charge in [0.05, 0.1) is 5.92 Å². The highest BCUT2D eigenvalue weighted by molar-refractivity contribution is 7.22. The van der Waals surface area contributed by atoms with Crippen molar-refractivity contribution in [3.63, 3.8) is 0 Å². The molecule has 1 fully saturated rings. The van der Waals surface area contributed by atoms with Crippen LogP contribution in [0.2, 0.25) is 0 Å². The van der Waals surface area contributed by atoms with Crippen molar-refractivity contribution in [3.8, 4) is 0 Å². The van der Waals surface area contributed by atoms with E-state index in [1.807, 2.05) is 11.8 Å². The summed E-state index contributed by atoms with van der Waals surface area (Å²) in [5, 5.41) is 9.81. The fourth-order valence-corrected chi connectivity index (χ4v) is 4.53. The largest absolute Gasteiger partial charge is 0.360 e. The minimum atomic E-state index is -0.415. The molecule has 1 aliphatic heterocycles. The van der Waals surface area contributed by atoms with E-state index in [2.05, 4.69) is 25.8 Å². The normalized spacial score (nSPS) is 16.5. The van der Waals surface area contributed by atoms with E-state index >= 15 is 0 Å². The minimum absolute atomic E-state index is 0.0436. The zero-order chi connectivity index (χ0) is 22.0. The van der Waals surface area contributed by atoms with E-state index in [0.717, 1.165) is 19.4 Å². The number of piperidine rings is 1. The molecule has 3 aromatic heterocycles. The standard InChI is InChI=1S/C19H23N7O4S/c1-3-20-17(28)12-5-4-6-25(8-12)19-23-16-15(31-19)18(29)26(10-21-16)9-14(27)22-13-7-11(2)30-24-13/h7,10,12H,3-6,8-9H2,1-2H3,(H,20,28)(H,22,24,27)/t12-/m0/s1. The van der Waals surface area contributed by atoms with Crippen molar-refractivity contribution in [1.82, 2.24) is 25.0 Å². The first-order chi connectivity index (χ1) is 14.9. The molecule has 0 radical (unpaired) electrons. The lowest BCUT2D eigenvalue weighted by atomic mass is 9.97. The van der Waals surface area contributed by atoms with Crippen LogP contribution >= 0.6 is 11.3 Å². The van der Waals surface area contributed by atoms with Gasteiger partial charge in [0, 0.05) is 25.7 Å². The van der Waals surface area contributed by atoms with Crippen LogP contribution in [-0.2, 0) is 16.1 Å². The van der Waals surface area contributed by atoms with Gasteiger partial charge in [-0.05, 0) is 26.7 Å². The number of anilines is 2. The molecule has 11 nitrogen and oxygen atoms in total. The van der Waals surface area contributed by atoms with Gasteiger partial charge in [-0.3, -0.25) is 19.0 Å². The summed E-state index contributed by atoms with van der Waals surface area (Å²) in [6, 6.07) is 1.59. The first-order valence-corrected chi connectivity index (χ1v) is 10.9. The number of hydrogen-bond acceptors (Lipinski definition) is 9. The van der Waals surface area contributed by atoms with Gasteiger partial charge in [-0.15, -0.1) is 0 Å². The summed E-state index contributed by atoms with van der Waals surface area (Å²) in [4.78, 5) is 48.1. The summed E-state index contributed by atoms with van der Waals surface area (Å²) in [5.41, 5.74) is 0.00596. The predicted octanol–water partition coefficient (Wildman–Crippen LogP) is 1.14. The number of nitrogens with zero attached hydrogens (tertiary/aromatic N) is 5. The molecule has 2 amide bonds. The Kier molecular flexibility index (Phi) is 5.98. The van der Waals surface area contributed by atoms with Gasteiger partial charge in [0.2, 0.25) is 11.8 Å². The van der Waals surface area contributed by atoms with Gasteiger partial charge in [-0.1, -0.05) is 16.5 Å². The van der Waals surface area contributed by atoms with Crippen molar-refractivity contribution < 1.29 is 14.1 Å². The molecule has 31 heavy (non-hydrogen) atoms. The third-order valence-corrected chi connectivity index (χ3v) is 6.09. The molecular formula is C19H23N7O4S. The number of rotatable bonds is 6. The molecule has 4 heterocycles. The molecule has 0 bridgehead atoms. The number of amides is 2. The maximum Gasteiger partial charge on any atom is 0.273 e. The van der Waals surface area contributed by atoms with E-state index in [4.69, 9.17) is 4.52 Å². The van der Waals surface area contributed by atoms with Gasteiger partial charge in [-0.2, -0.15) is 4.98 Å². The lowest BCUT2D eigenvalue weighted by Crippen LogP contribution is -2.43. The molecule has 0 spiro atoms. The van der Waals surface area contributed by atoms with Crippen molar-refractivity contribution in [2.45, 2.75) is 33.2 Å². The number of aromatic nitrogens is 4. The molecule has 1 saturated heterocycles. The Balaban J connectivity index is 1.50. The van der Waals surface area contributed by atoms with Crippen LogP contribution in [0.5, 0.6) is 0 Å². The molecule has 0 aromatic carbocycles. The van der Waals surface area contributed by atoms with Crippen LogP contribution in [0.25, 0.3) is 10.3 Å². The molecule has 3 aromatic rings. The van der Waals surface area contributed by atoms with E-state index in [-0.39, 0.29) is 29.7 Å². The van der Waals surface area contributed by atoms with E-state index < -0.39 is 5.91 Å². The number of hydrogen-bond donors (Lipinski definition) is 2. The maximum atomic E-state index is 12.9. The quantitative estimate of drug-likeness (QED) is 0.577. The lowest BCUT2D eigenvalue weighted by Gasteiger charge is -2.31. The highest BCUT2D eigenvalue weighted by atomic mass is 32.1. The number of thiazole rings is 1. The Labute approximate surface area is 181 Å². The van der Waals surface area contributed by atoms with Crippen LogP contribution < -0.4 is 21.1 Å². The highest BCUT2D eigenvalue weighted by Gasteiger charge is 2.27. The topological polar surface area (TPSA) is 135 Å². The summed E-state index contributed by atoms with van der Waals surface area (Å²) in [7, 11) is 0. The fourth-order valence-electron chi connectivity index (χ4n) is 3.53. The Morgan fingerprint density at radius 1 is 1.39 bits per heavy atom. The predicted molar refractivity (Wildman–Crippen MR) is 115 cm³/mol. The fraction of sp³-hybridized carbons (Fsp3) is 0.474. The average Bonchev–Trinajstić information content (AvgIpc) is 3.37. The van der Waals surface area contributed by atoms with Gasteiger partial charge < -0.3 is 20.1 Å². The molecule has 1 atom stereocenters. The molecule has 0 aliphatic carbocycles. The van der Waals surface area contributed by atoms with Crippen LogP contribution in [0.4, 0.5) is 10.9 Å². The Bertz CT molecular complexity index is 1170. The molecule has 4 rings (SSSR count). The van der Waals surface area contributed by atoms with Crippen LogP contribution in [0.3, 0.4) is 0 Å². The summed E-state index contributed by atoms with van der Waals surface area (Å²) in [6.07, 6.45) is 3.02. The molecule has 0 saturated carbocycles. The van der Waals surface area contributed by atoms with E-state index in [1.54, 1.807) is 13.0 Å². The zero-order valence-electron chi connectivity index (χ0n) is 17.3. The summed E-state index contributed by atoms with van der Waals surface area (Å²) in [6.45, 7) is 5.33. The monoisotopic (exact) mass is 445 g/mol. The highest BCUT2D eigenvalue weighted by Crippen LogP contribution is 2.29. The number of carbonyl (C=O) groups is 2. The first kappa shape index (κ1) is 21.0. The van der Waals surface area contributed by atoms with Gasteiger partial charge >= 0.3 is 0 Å². The molecule has 1 aliphatic rings. The van der Waals surface area contributed by atoms with Crippen molar-refractivity contribution in [2.24, 2.45) is 5.92 Å². The third-order valence-electron chi connectivity index (χ3n) is 5.00. The van der Waals surface area contributed by atoms with Crippen LogP contribution in [0.15, 0.2) is 21.7 Å². The molecular weight excluding hydrogens is 422 g/mol. The average molecular weight is 446 g/mol. The lowest BCUT2D eigenvalue weighted by molar-refractivity contribution is -0.125. The Morgan fingerprint density at radius 3 is 2.97 bits per heavy atom. The summed E-state index contributed by atoms with van der Waals surface area (Å²) >= 11 is 1.23. The molecule has 2 N–H and O–H groups in total. The summed E-state index contributed by atoms with van der Waals surface area (Å²) < 4.78 is 6.53. The second-order valence-electron chi connectivity index (χ2n) is 7.38. The van der Waals surface area contributed by atoms with Crippen molar-refractivity contribution >= 4 is 44.4 Å². The number of fused-ring (bicyclic) bond motifs is 1. The molecule has 12 heteroatoms. The first-order valence-electron chi connectivity index (χ1n) is 10.1. The molecule has 0 unspecified atom stereocenters. The maximum absolute atomic E-state index is 12.9. The number of aryl methyl sites for hydroxylation is 1. The second-order valence-corrected chi connectivity index (χ2v) is 8.36. The SMILES string of the molecule is CCNC(=O)[C@H]1CCCN(c2nc3ncn(CC(=O)Nc4cc(C)on4)c(=O)c3s2)C1. The van der Waals surface area contributed by atoms with E-state index in [0.29, 0.717) is 34.3 Å². The zero-order valence-corrected chi connectivity index (χ0v) is 18.1. The van der Waals surface area contributed by atoms with E-state index in [9.17, 15) is 14.4 Å². The Morgan fingerprint density at radius 2 is 2.23 bits per heavy atom. The Hall–Kier alpha value is -3.28. The van der Waals surface area contributed by atoms with Crippen LogP contribution in [0, 0.1) is 12.8 Å². The van der Waals surface area contributed by atoms with Crippen molar-refractivity contribution in [3.05, 3.63) is 28.5 Å². The van der Waals surface area contributed by atoms with Gasteiger partial charge in [0.25, 0.3) is 5.56 Å². The van der Waals surface area contributed by atoms with Gasteiger partial charge in [0.1, 0.15) is 23.3 Å². The second kappa shape index (κ2) is 8.84. The van der Waals surface area contributed by atoms with Crippen molar-refractivity contribution in [1.29, 1.82) is 0 Å². The minimum Gasteiger partial charge on any atom is -0.360 e. The summed E-state index contributed by atoms with van der Waals surface area (Å²) in [5.74, 6) is 0.384. The van der Waals surface area contributed by atoms with E-state index in [1.165, 1.54) is 22.2 Å². The van der Waals surface area contributed by atoms with Gasteiger partial charge in [-0.25, -0.2) is 4.98 Å². The third kappa shape index (κ3) is 4.58. The number of carbonyl (C=O) groups excluding carboxylic acids is 2. The van der Waals surface area contributed by atoms with Crippen LogP contribution in [0.1, 0.15) is 25.5 Å².